The van der Waals surface area contributed by atoms with Crippen LogP contribution in [0.3, 0.4) is 0 Å². The molecule has 218 valence electrons. The summed E-state index contributed by atoms with van der Waals surface area (Å²) in [6, 6.07) is 21.4. The summed E-state index contributed by atoms with van der Waals surface area (Å²) in [6.45, 7) is -2.30. The van der Waals surface area contributed by atoms with Crippen molar-refractivity contribution in [2.45, 2.75) is 13.5 Å². The highest BCUT2D eigenvalue weighted by Gasteiger charge is 2.52. The van der Waals surface area contributed by atoms with Crippen LogP contribution in [0, 0.1) is 6.92 Å². The first kappa shape index (κ1) is 27.5. The number of hydrogen-bond acceptors (Lipinski definition) is 7. The number of nitrogens with zero attached hydrogens (tertiary/aromatic N) is 6. The Hall–Kier alpha value is -5.30. The molecule has 0 fully saturated rings. The number of carbonyl (C=O) groups is 1. The van der Waals surface area contributed by atoms with Crippen molar-refractivity contribution >= 4 is 36.0 Å². The first-order chi connectivity index (χ1) is 21.4. The molecule has 0 bridgehead atoms. The first-order valence-electron chi connectivity index (χ1n) is 13.8. The predicted molar refractivity (Wildman–Crippen MR) is 164 cm³/mol. The van der Waals surface area contributed by atoms with E-state index in [0.717, 1.165) is 25.0 Å². The number of aromatic nitrogens is 5. The van der Waals surface area contributed by atoms with Crippen LogP contribution in [-0.2, 0) is 11.3 Å². The highest BCUT2D eigenvalue weighted by molar-refractivity contribution is 7.13. The van der Waals surface area contributed by atoms with Crippen LogP contribution < -0.4 is 10.1 Å². The van der Waals surface area contributed by atoms with E-state index in [9.17, 15) is 4.79 Å². The summed E-state index contributed by atoms with van der Waals surface area (Å²) >= 11 is 1.43. The number of nitrogens with one attached hydrogen (secondary N) is 1. The van der Waals surface area contributed by atoms with Gasteiger partial charge in [-0.15, -0.1) is 31.7 Å². The molecule has 1 amide bonds. The molecule has 0 spiro atoms. The Labute approximate surface area is 254 Å². The van der Waals surface area contributed by atoms with Gasteiger partial charge in [-0.3, -0.25) is 4.79 Å². The van der Waals surface area contributed by atoms with E-state index in [1.807, 2.05) is 41.8 Å². The highest BCUT2D eigenvalue weighted by Crippen LogP contribution is 2.38. The predicted octanol–water partition coefficient (Wildman–Crippen LogP) is 5.12. The molecular formula is C31H24BF2N7O2S. The summed E-state index contributed by atoms with van der Waals surface area (Å²) in [7, 11) is 0. The zero-order chi connectivity index (χ0) is 30.3. The molecule has 44 heavy (non-hydrogen) atoms. The fourth-order valence-electron chi connectivity index (χ4n) is 5.27. The van der Waals surface area contributed by atoms with Gasteiger partial charge >= 0.3 is 6.97 Å². The molecule has 0 aliphatic carbocycles. The average molecular weight is 607 g/mol. The number of benzene rings is 2. The van der Waals surface area contributed by atoms with Gasteiger partial charge in [0.25, 0.3) is 5.91 Å². The molecule has 2 aliphatic heterocycles. The third-order valence-corrected chi connectivity index (χ3v) is 8.28. The second-order valence-corrected chi connectivity index (χ2v) is 11.2. The van der Waals surface area contributed by atoms with Crippen LogP contribution >= 0.6 is 11.3 Å². The molecule has 1 N–H and O–H groups in total. The highest BCUT2D eigenvalue weighted by atomic mass is 32.1. The topological polar surface area (TPSA) is 97.8 Å². The third kappa shape index (κ3) is 5.11. The van der Waals surface area contributed by atoms with Crippen molar-refractivity contribution in [2.24, 2.45) is 0 Å². The number of thiophene rings is 1. The molecule has 0 saturated heterocycles. The maximum atomic E-state index is 16.1. The number of aryl methyl sites for hydroxylation is 1. The number of allylic oxidation sites excluding steroid dienone is 2. The fraction of sp³-hybridized carbons (Fsp3) is 0.0968. The maximum absolute atomic E-state index is 16.1. The number of hydrogen-bond donors (Lipinski definition) is 1. The molecule has 5 heterocycles. The van der Waals surface area contributed by atoms with Crippen molar-refractivity contribution in [3.8, 4) is 27.7 Å². The number of rotatable bonds is 8. The van der Waals surface area contributed by atoms with Gasteiger partial charge in [0.1, 0.15) is 5.75 Å². The van der Waals surface area contributed by atoms with Gasteiger partial charge in [-0.1, -0.05) is 30.3 Å². The van der Waals surface area contributed by atoms with Crippen molar-refractivity contribution in [1.82, 2.24) is 30.2 Å². The number of halogens is 2. The number of amides is 1. The quantitative estimate of drug-likeness (QED) is 0.246. The van der Waals surface area contributed by atoms with Gasteiger partial charge in [0.05, 0.1) is 0 Å². The van der Waals surface area contributed by atoms with Crippen LogP contribution in [-0.4, -0.2) is 54.6 Å². The van der Waals surface area contributed by atoms with Gasteiger partial charge in [0.15, 0.2) is 23.8 Å². The Bertz CT molecular complexity index is 1950. The lowest BCUT2D eigenvalue weighted by Crippen LogP contribution is -2.50. The van der Waals surface area contributed by atoms with Gasteiger partial charge in [-0.25, -0.2) is 0 Å². The summed E-state index contributed by atoms with van der Waals surface area (Å²) in [4.78, 5) is 13.2. The normalized spacial score (nSPS) is 14.7. The summed E-state index contributed by atoms with van der Waals surface area (Å²) in [5, 5.41) is 20.6. The van der Waals surface area contributed by atoms with Crippen molar-refractivity contribution in [3.05, 3.63) is 119 Å². The summed E-state index contributed by atoms with van der Waals surface area (Å²) < 4.78 is 40.2. The summed E-state index contributed by atoms with van der Waals surface area (Å²) in [5.74, 6) is 1.08. The van der Waals surface area contributed by atoms with E-state index in [4.69, 9.17) is 4.74 Å². The van der Waals surface area contributed by atoms with Crippen LogP contribution in [0.5, 0.6) is 5.75 Å². The van der Waals surface area contributed by atoms with Crippen LogP contribution in [0.2, 0.25) is 0 Å². The molecule has 2 aromatic carbocycles. The third-order valence-electron chi connectivity index (χ3n) is 7.39. The minimum absolute atomic E-state index is 0.190. The molecule has 3 aromatic heterocycles. The molecule has 0 radical (unpaired) electrons. The van der Waals surface area contributed by atoms with Crippen LogP contribution in [0.15, 0.2) is 96.0 Å². The SMILES string of the molecule is Cc1nnc(-c2ccc(CNC(=O)COc3ccc(C4=[N+]5C(=Cc6ccc(-c7cccs7)n6[B-]5(F)F)C=C4)cc3)cc2)nn1. The monoisotopic (exact) mass is 607 g/mol. The number of carbonyl (C=O) groups excluding carboxylic acids is 1. The van der Waals surface area contributed by atoms with E-state index in [2.05, 4.69) is 25.7 Å². The van der Waals surface area contributed by atoms with Crippen molar-refractivity contribution in [2.75, 3.05) is 6.61 Å². The molecule has 2 aliphatic rings. The molecule has 0 atom stereocenters. The Morgan fingerprint density at radius 1 is 0.955 bits per heavy atom. The minimum atomic E-state index is -4.14. The van der Waals surface area contributed by atoms with Crippen molar-refractivity contribution in [1.29, 1.82) is 0 Å². The smallest absolute Gasteiger partial charge is 0.484 e. The Kier molecular flexibility index (Phi) is 6.93. The van der Waals surface area contributed by atoms with Gasteiger partial charge in [-0.05, 0) is 60.3 Å². The molecule has 7 rings (SSSR count). The summed E-state index contributed by atoms with van der Waals surface area (Å²) in [5.41, 5.74) is 4.08. The van der Waals surface area contributed by atoms with E-state index < -0.39 is 6.97 Å². The van der Waals surface area contributed by atoms with Gasteiger partial charge in [0.2, 0.25) is 5.82 Å². The number of ether oxygens (including phenoxy) is 1. The van der Waals surface area contributed by atoms with Gasteiger partial charge in [-0.2, -0.15) is 0 Å². The maximum Gasteiger partial charge on any atom is 0.737 e. The first-order valence-corrected chi connectivity index (χ1v) is 14.7. The van der Waals surface area contributed by atoms with Crippen LogP contribution in [0.1, 0.15) is 22.6 Å². The molecule has 5 aromatic rings. The van der Waals surface area contributed by atoms with Gasteiger partial charge < -0.3 is 27.6 Å². The van der Waals surface area contributed by atoms with E-state index in [0.29, 0.717) is 52.3 Å². The molecule has 0 unspecified atom stereocenters. The van der Waals surface area contributed by atoms with E-state index in [-0.39, 0.29) is 12.5 Å². The largest absolute Gasteiger partial charge is 0.737 e. The molecule has 0 saturated carbocycles. The van der Waals surface area contributed by atoms with E-state index in [1.54, 1.807) is 61.5 Å². The molecular weight excluding hydrogens is 583 g/mol. The molecule has 9 nitrogen and oxygen atoms in total. The lowest BCUT2D eigenvalue weighted by Gasteiger charge is -2.30. The zero-order valence-corrected chi connectivity index (χ0v) is 24.2. The Morgan fingerprint density at radius 3 is 2.43 bits per heavy atom. The van der Waals surface area contributed by atoms with Crippen LogP contribution in [0.4, 0.5) is 8.63 Å². The lowest BCUT2D eigenvalue weighted by atomic mass is 9.90. The zero-order valence-electron chi connectivity index (χ0n) is 23.4. The Morgan fingerprint density at radius 2 is 1.70 bits per heavy atom. The standard InChI is InChI=1S/C31H24BF2N7O2S/c1-20-36-38-31(39-37-20)23-6-4-21(5-7-23)18-35-30(42)19-43-26-12-8-22(9-13-26)27-14-10-24-17-25-11-15-28(29-3-2-16-44-29)41(25)32(33,34)40(24)27/h2-17H,18-19H2,1H3,(H,35,42). The number of fused-ring (bicyclic) bond motifs is 2. The Balaban J connectivity index is 0.994. The molecule has 13 heteroatoms. The minimum Gasteiger partial charge on any atom is -0.484 e. The second kappa shape index (κ2) is 11.1. The average Bonchev–Trinajstić information content (AvgIpc) is 3.81. The van der Waals surface area contributed by atoms with Crippen molar-refractivity contribution in [3.63, 3.8) is 0 Å². The fourth-order valence-corrected chi connectivity index (χ4v) is 6.02. The van der Waals surface area contributed by atoms with Crippen LogP contribution in [0.25, 0.3) is 28.0 Å². The van der Waals surface area contributed by atoms with E-state index in [1.165, 1.54) is 11.3 Å². The van der Waals surface area contributed by atoms with Crippen molar-refractivity contribution < 1.29 is 22.6 Å². The van der Waals surface area contributed by atoms with E-state index >= 15 is 8.63 Å². The summed E-state index contributed by atoms with van der Waals surface area (Å²) in [6.07, 6.45) is 5.19. The lowest BCUT2D eigenvalue weighted by molar-refractivity contribution is -0.360. The second-order valence-electron chi connectivity index (χ2n) is 10.3. The van der Waals surface area contributed by atoms with Gasteiger partial charge in [0, 0.05) is 52.2 Å².